The quantitative estimate of drug-likeness (QED) is 0.295. The fraction of sp³-hybridized carbons (Fsp3) is 0.357. The van der Waals surface area contributed by atoms with Crippen LogP contribution in [0.3, 0.4) is 0 Å². The normalized spacial score (nSPS) is 20.7. The van der Waals surface area contributed by atoms with E-state index in [2.05, 4.69) is 25.3 Å². The SMILES string of the molecule is COC(=O)Cc1cnc(C2CCC(C3=C(C(=O)OC)C(c4ccc(F)c(F)c4Cl)N=C(c4nccs4)N3)CC2)nc1. The Bertz CT molecular complexity index is 1510. The number of amidine groups is 1. The number of carbonyl (C=O) groups is 2. The van der Waals surface area contributed by atoms with Crippen molar-refractivity contribution in [3.63, 3.8) is 0 Å². The number of benzene rings is 1. The fourth-order valence-corrected chi connectivity index (χ4v) is 6.04. The number of allylic oxidation sites excluding steroid dienone is 1. The number of ether oxygens (including phenoxy) is 2. The van der Waals surface area contributed by atoms with Gasteiger partial charge in [0.05, 0.1) is 31.2 Å². The molecule has 1 unspecified atom stereocenters. The summed E-state index contributed by atoms with van der Waals surface area (Å²) < 4.78 is 38.3. The summed E-state index contributed by atoms with van der Waals surface area (Å²) in [6, 6.07) is 1.26. The van der Waals surface area contributed by atoms with Crippen molar-refractivity contribution < 1.29 is 27.8 Å². The molecule has 3 heterocycles. The van der Waals surface area contributed by atoms with Crippen LogP contribution in [0.15, 0.2) is 52.4 Å². The molecule has 1 fully saturated rings. The number of hydrogen-bond donors (Lipinski definition) is 1. The third-order valence-corrected chi connectivity index (χ3v) is 8.44. The first-order chi connectivity index (χ1) is 19.8. The van der Waals surface area contributed by atoms with Gasteiger partial charge in [-0.3, -0.25) is 9.79 Å². The smallest absolute Gasteiger partial charge is 0.338 e. The van der Waals surface area contributed by atoms with Crippen LogP contribution >= 0.6 is 22.9 Å². The van der Waals surface area contributed by atoms with Crippen LogP contribution in [0.2, 0.25) is 5.02 Å². The Hall–Kier alpha value is -3.77. The zero-order valence-electron chi connectivity index (χ0n) is 22.2. The number of aromatic nitrogens is 3. The third-order valence-electron chi connectivity index (χ3n) is 7.28. The minimum atomic E-state index is -1.21. The number of halogens is 3. The number of nitrogens with one attached hydrogen (secondary N) is 1. The number of esters is 2. The highest BCUT2D eigenvalue weighted by Crippen LogP contribution is 2.43. The summed E-state index contributed by atoms with van der Waals surface area (Å²) in [6.07, 6.45) is 7.85. The van der Waals surface area contributed by atoms with Crippen molar-refractivity contribution in [3.05, 3.63) is 86.0 Å². The predicted octanol–water partition coefficient (Wildman–Crippen LogP) is 5.07. The van der Waals surface area contributed by atoms with E-state index in [1.54, 1.807) is 24.0 Å². The lowest BCUT2D eigenvalue weighted by atomic mass is 9.77. The minimum absolute atomic E-state index is 0.0905. The minimum Gasteiger partial charge on any atom is -0.469 e. The first-order valence-electron chi connectivity index (χ1n) is 12.9. The number of nitrogens with zero attached hydrogens (tertiary/aromatic N) is 4. The summed E-state index contributed by atoms with van der Waals surface area (Å²) in [5, 5.41) is 5.23. The summed E-state index contributed by atoms with van der Waals surface area (Å²) in [7, 11) is 2.59. The summed E-state index contributed by atoms with van der Waals surface area (Å²) in [6.45, 7) is 0. The van der Waals surface area contributed by atoms with Crippen molar-refractivity contribution in [1.82, 2.24) is 20.3 Å². The molecule has 2 aliphatic rings. The monoisotopic (exact) mass is 601 g/mol. The summed E-state index contributed by atoms with van der Waals surface area (Å²) in [5.74, 6) is -2.24. The molecule has 0 bridgehead atoms. The second kappa shape index (κ2) is 12.4. The van der Waals surface area contributed by atoms with Gasteiger partial charge < -0.3 is 14.8 Å². The molecule has 1 N–H and O–H groups in total. The van der Waals surface area contributed by atoms with Crippen LogP contribution in [0.25, 0.3) is 0 Å². The highest BCUT2D eigenvalue weighted by molar-refractivity contribution is 7.11. The van der Waals surface area contributed by atoms with Gasteiger partial charge in [0.15, 0.2) is 22.5 Å². The van der Waals surface area contributed by atoms with E-state index in [0.717, 1.165) is 18.9 Å². The zero-order chi connectivity index (χ0) is 29.1. The van der Waals surface area contributed by atoms with Crippen molar-refractivity contribution in [2.24, 2.45) is 10.9 Å². The Labute approximate surface area is 243 Å². The largest absolute Gasteiger partial charge is 0.469 e. The molecule has 1 aromatic carbocycles. The van der Waals surface area contributed by atoms with Crippen LogP contribution in [0.4, 0.5) is 8.78 Å². The van der Waals surface area contributed by atoms with Crippen LogP contribution in [0.1, 0.15) is 59.6 Å². The molecule has 2 aromatic heterocycles. The van der Waals surface area contributed by atoms with Gasteiger partial charge in [0.2, 0.25) is 0 Å². The van der Waals surface area contributed by atoms with Crippen molar-refractivity contribution in [3.8, 4) is 0 Å². The lowest BCUT2D eigenvalue weighted by molar-refractivity contribution is -0.140. The molecule has 0 spiro atoms. The molecule has 0 saturated heterocycles. The van der Waals surface area contributed by atoms with E-state index < -0.39 is 28.7 Å². The third kappa shape index (κ3) is 5.98. The molecule has 41 heavy (non-hydrogen) atoms. The first-order valence-corrected chi connectivity index (χ1v) is 14.1. The average Bonchev–Trinajstić information content (AvgIpc) is 3.55. The van der Waals surface area contributed by atoms with Crippen LogP contribution in [0.5, 0.6) is 0 Å². The van der Waals surface area contributed by atoms with Gasteiger partial charge in [-0.25, -0.2) is 28.5 Å². The Morgan fingerprint density at radius 3 is 2.39 bits per heavy atom. The van der Waals surface area contributed by atoms with E-state index in [1.807, 2.05) is 0 Å². The van der Waals surface area contributed by atoms with Crippen LogP contribution in [-0.4, -0.2) is 46.9 Å². The molecule has 0 amide bonds. The molecule has 1 aliphatic carbocycles. The molecule has 1 saturated carbocycles. The standard InChI is InChI=1S/C28H26ClF2N5O4S/c1-39-19(37)11-14-12-33-25(34-13-14)16-5-3-15(4-6-16)23-20(28(38)40-2)24(17-7-8-18(30)22(31)21(17)29)36-26(35-23)27-32-9-10-41-27/h7-10,12-13,15-16,24H,3-6,11H2,1-2H3,(H,35,36). The van der Waals surface area contributed by atoms with Gasteiger partial charge in [-0.05, 0) is 43.2 Å². The first kappa shape index (κ1) is 28.7. The Morgan fingerprint density at radius 2 is 1.76 bits per heavy atom. The summed E-state index contributed by atoms with van der Waals surface area (Å²) >= 11 is 7.60. The molecule has 9 nitrogen and oxygen atoms in total. The molecule has 1 atom stereocenters. The Kier molecular flexibility index (Phi) is 8.69. The Balaban J connectivity index is 1.46. The van der Waals surface area contributed by atoms with Crippen molar-refractivity contribution in [2.75, 3.05) is 14.2 Å². The average molecular weight is 602 g/mol. The van der Waals surface area contributed by atoms with Crippen LogP contribution in [0, 0.1) is 17.6 Å². The fourth-order valence-electron chi connectivity index (χ4n) is 5.19. The zero-order valence-corrected chi connectivity index (χ0v) is 23.8. The number of hydrogen-bond acceptors (Lipinski definition) is 10. The maximum absolute atomic E-state index is 14.5. The van der Waals surface area contributed by atoms with Crippen molar-refractivity contribution >= 4 is 40.7 Å². The molecule has 13 heteroatoms. The highest BCUT2D eigenvalue weighted by Gasteiger charge is 2.38. The predicted molar refractivity (Wildman–Crippen MR) is 147 cm³/mol. The van der Waals surface area contributed by atoms with Gasteiger partial charge in [0, 0.05) is 41.1 Å². The van der Waals surface area contributed by atoms with E-state index in [9.17, 15) is 18.4 Å². The Morgan fingerprint density at radius 1 is 1.05 bits per heavy atom. The lowest BCUT2D eigenvalue weighted by Gasteiger charge is -2.34. The van der Waals surface area contributed by atoms with Gasteiger partial charge in [-0.15, -0.1) is 11.3 Å². The highest BCUT2D eigenvalue weighted by atomic mass is 35.5. The molecule has 0 radical (unpaired) electrons. The molecular weight excluding hydrogens is 576 g/mol. The van der Waals surface area contributed by atoms with E-state index in [-0.39, 0.29) is 35.4 Å². The van der Waals surface area contributed by atoms with Crippen molar-refractivity contribution in [1.29, 1.82) is 0 Å². The van der Waals surface area contributed by atoms with Crippen LogP contribution in [-0.2, 0) is 25.5 Å². The summed E-state index contributed by atoms with van der Waals surface area (Å²) in [4.78, 5) is 42.7. The number of carbonyl (C=O) groups excluding carboxylic acids is 2. The van der Waals surface area contributed by atoms with Crippen molar-refractivity contribution in [2.45, 2.75) is 44.1 Å². The van der Waals surface area contributed by atoms with E-state index in [1.165, 1.54) is 31.6 Å². The van der Waals surface area contributed by atoms with E-state index in [0.29, 0.717) is 40.8 Å². The van der Waals surface area contributed by atoms with E-state index >= 15 is 0 Å². The van der Waals surface area contributed by atoms with E-state index in [4.69, 9.17) is 21.1 Å². The molecule has 214 valence electrons. The second-order valence-corrected chi connectivity index (χ2v) is 10.9. The maximum Gasteiger partial charge on any atom is 0.338 e. The van der Waals surface area contributed by atoms with Gasteiger partial charge in [0.25, 0.3) is 0 Å². The number of thiazole rings is 1. The molecule has 3 aromatic rings. The number of aliphatic imine (C=N–C) groups is 1. The second-order valence-electron chi connectivity index (χ2n) is 9.68. The summed E-state index contributed by atoms with van der Waals surface area (Å²) in [5.41, 5.74) is 1.60. The molecular formula is C28H26ClF2N5O4S. The van der Waals surface area contributed by atoms with Gasteiger partial charge in [0.1, 0.15) is 11.9 Å². The molecule has 1 aliphatic heterocycles. The van der Waals surface area contributed by atoms with Gasteiger partial charge in [-0.1, -0.05) is 17.7 Å². The van der Waals surface area contributed by atoms with Gasteiger partial charge in [-0.2, -0.15) is 0 Å². The van der Waals surface area contributed by atoms with Crippen LogP contribution < -0.4 is 5.32 Å². The lowest BCUT2D eigenvalue weighted by Crippen LogP contribution is -2.37. The van der Waals surface area contributed by atoms with Gasteiger partial charge >= 0.3 is 11.9 Å². The maximum atomic E-state index is 14.5. The topological polar surface area (TPSA) is 116 Å². The molecule has 5 rings (SSSR count). The number of methoxy groups -OCH3 is 2. The number of rotatable bonds is 7.